The average Bonchev–Trinajstić information content (AvgIpc) is 2.59. The van der Waals surface area contributed by atoms with E-state index in [-0.39, 0.29) is 5.41 Å². The molecule has 150 valence electrons. The van der Waals surface area contributed by atoms with Crippen LogP contribution in [0.1, 0.15) is 53.4 Å². The quantitative estimate of drug-likeness (QED) is 0.777. The summed E-state index contributed by atoms with van der Waals surface area (Å²) in [6.07, 6.45) is 4.96. The molecule has 7 heteroatoms. The summed E-state index contributed by atoms with van der Waals surface area (Å²) in [5, 5.41) is 4.27. The van der Waals surface area contributed by atoms with Gasteiger partial charge in [0.05, 0.1) is 11.9 Å². The predicted molar refractivity (Wildman–Crippen MR) is 110 cm³/mol. The molecule has 0 aromatic heterocycles. The van der Waals surface area contributed by atoms with Gasteiger partial charge in [-0.3, -0.25) is 9.10 Å². The third kappa shape index (κ3) is 5.79. The highest BCUT2D eigenvalue weighted by Crippen LogP contribution is 2.36. The number of para-hydroxylation sites is 1. The number of sulfonamides is 1. The van der Waals surface area contributed by atoms with Crippen LogP contribution >= 0.6 is 0 Å². The Kier molecular flexibility index (Phi) is 6.68. The maximum atomic E-state index is 12.5. The molecule has 2 rings (SSSR count). The van der Waals surface area contributed by atoms with Crippen LogP contribution in [0.25, 0.3) is 0 Å². The lowest BCUT2D eigenvalue weighted by molar-refractivity contribution is -0.121. The largest absolute Gasteiger partial charge is 0.271 e. The predicted octanol–water partition coefficient (Wildman–Crippen LogP) is 3.55. The fourth-order valence-corrected chi connectivity index (χ4v) is 4.71. The highest BCUT2D eigenvalue weighted by molar-refractivity contribution is 7.92. The van der Waals surface area contributed by atoms with Gasteiger partial charge in [0.1, 0.15) is 6.04 Å². The van der Waals surface area contributed by atoms with Gasteiger partial charge in [-0.2, -0.15) is 5.10 Å². The molecule has 1 atom stereocenters. The minimum atomic E-state index is -3.61. The molecule has 1 aromatic carbocycles. The minimum absolute atomic E-state index is 0.287. The molecule has 0 saturated heterocycles. The smallest absolute Gasteiger partial charge is 0.263 e. The first kappa shape index (κ1) is 21.4. The number of hydrogen-bond acceptors (Lipinski definition) is 4. The Morgan fingerprint density at radius 3 is 2.22 bits per heavy atom. The van der Waals surface area contributed by atoms with Crippen molar-refractivity contribution in [3.05, 3.63) is 30.3 Å². The monoisotopic (exact) mass is 393 g/mol. The Morgan fingerprint density at radius 1 is 1.19 bits per heavy atom. The first-order chi connectivity index (χ1) is 12.5. The zero-order chi connectivity index (χ0) is 20.2. The van der Waals surface area contributed by atoms with E-state index < -0.39 is 22.0 Å². The Morgan fingerprint density at radius 2 is 1.74 bits per heavy atom. The van der Waals surface area contributed by atoms with Gasteiger partial charge in [0, 0.05) is 5.71 Å². The Hall–Kier alpha value is -1.89. The van der Waals surface area contributed by atoms with Crippen LogP contribution in [0.3, 0.4) is 0 Å². The molecule has 1 aromatic rings. The van der Waals surface area contributed by atoms with Crippen LogP contribution in [0.4, 0.5) is 5.69 Å². The van der Waals surface area contributed by atoms with Crippen LogP contribution in [0, 0.1) is 11.3 Å². The first-order valence-electron chi connectivity index (χ1n) is 9.40. The second-order valence-electron chi connectivity index (χ2n) is 8.36. The molecule has 1 saturated carbocycles. The van der Waals surface area contributed by atoms with Crippen molar-refractivity contribution in [2.75, 3.05) is 10.6 Å². The lowest BCUT2D eigenvalue weighted by Gasteiger charge is -2.34. The summed E-state index contributed by atoms with van der Waals surface area (Å²) in [4.78, 5) is 12.5. The number of rotatable bonds is 5. The van der Waals surface area contributed by atoms with Gasteiger partial charge in [0.15, 0.2) is 0 Å². The minimum Gasteiger partial charge on any atom is -0.271 e. The van der Waals surface area contributed by atoms with Crippen molar-refractivity contribution in [2.45, 2.75) is 59.4 Å². The van der Waals surface area contributed by atoms with Crippen molar-refractivity contribution < 1.29 is 13.2 Å². The molecule has 0 heterocycles. The number of carbonyl (C=O) groups is 1. The van der Waals surface area contributed by atoms with Crippen LogP contribution < -0.4 is 9.73 Å². The van der Waals surface area contributed by atoms with Gasteiger partial charge >= 0.3 is 0 Å². The van der Waals surface area contributed by atoms with Crippen molar-refractivity contribution in [3.63, 3.8) is 0 Å². The summed E-state index contributed by atoms with van der Waals surface area (Å²) in [6.45, 7) is 8.34. The van der Waals surface area contributed by atoms with E-state index in [1.165, 1.54) is 0 Å². The molecular formula is C20H31N3O3S. The fourth-order valence-electron chi connectivity index (χ4n) is 3.54. The summed E-state index contributed by atoms with van der Waals surface area (Å²) in [5.74, 6) is 0.222. The molecule has 1 N–H and O–H groups in total. The molecule has 1 aliphatic rings. The number of nitrogens with zero attached hydrogens (tertiary/aromatic N) is 2. The molecule has 0 radical (unpaired) electrons. The second kappa shape index (κ2) is 8.42. The summed E-state index contributed by atoms with van der Waals surface area (Å²) < 4.78 is 25.6. The molecule has 1 fully saturated rings. The molecule has 0 spiro atoms. The van der Waals surface area contributed by atoms with Gasteiger partial charge in [-0.1, -0.05) is 39.0 Å². The number of benzene rings is 1. The van der Waals surface area contributed by atoms with Crippen molar-refractivity contribution in [1.29, 1.82) is 0 Å². The third-order valence-electron chi connectivity index (χ3n) is 5.21. The fraction of sp³-hybridized carbons (Fsp3) is 0.600. The van der Waals surface area contributed by atoms with E-state index in [2.05, 4.69) is 31.3 Å². The van der Waals surface area contributed by atoms with Gasteiger partial charge in [-0.15, -0.1) is 0 Å². The zero-order valence-electron chi connectivity index (χ0n) is 16.9. The van der Waals surface area contributed by atoms with E-state index in [9.17, 15) is 13.2 Å². The molecule has 1 amide bonds. The zero-order valence-corrected chi connectivity index (χ0v) is 17.7. The maximum Gasteiger partial charge on any atom is 0.263 e. The van der Waals surface area contributed by atoms with Crippen molar-refractivity contribution in [3.8, 4) is 0 Å². The van der Waals surface area contributed by atoms with Crippen molar-refractivity contribution in [2.24, 2.45) is 16.4 Å². The lowest BCUT2D eigenvalue weighted by atomic mass is 9.72. The first-order valence-corrected chi connectivity index (χ1v) is 11.2. The number of amides is 1. The maximum absolute atomic E-state index is 12.5. The highest BCUT2D eigenvalue weighted by atomic mass is 32.2. The van der Waals surface area contributed by atoms with Crippen LogP contribution in [-0.4, -0.2) is 32.3 Å². The average molecular weight is 394 g/mol. The summed E-state index contributed by atoms with van der Waals surface area (Å²) in [6, 6.07) is 7.74. The van der Waals surface area contributed by atoms with Gasteiger partial charge in [-0.25, -0.2) is 13.8 Å². The van der Waals surface area contributed by atoms with Crippen molar-refractivity contribution in [1.82, 2.24) is 5.43 Å². The van der Waals surface area contributed by atoms with E-state index in [0.29, 0.717) is 11.6 Å². The number of carbonyl (C=O) groups excluding carboxylic acids is 1. The van der Waals surface area contributed by atoms with E-state index in [1.807, 2.05) is 0 Å². The molecular weight excluding hydrogens is 362 g/mol. The number of hydrogen-bond donors (Lipinski definition) is 1. The normalized spacial score (nSPS) is 19.3. The summed E-state index contributed by atoms with van der Waals surface area (Å²) >= 11 is 0. The van der Waals surface area contributed by atoms with Gasteiger partial charge in [0.2, 0.25) is 10.0 Å². The molecule has 0 bridgehead atoms. The van der Waals surface area contributed by atoms with E-state index in [0.717, 1.165) is 42.0 Å². The van der Waals surface area contributed by atoms with Crippen molar-refractivity contribution >= 4 is 27.3 Å². The van der Waals surface area contributed by atoms with Gasteiger partial charge in [-0.05, 0) is 56.1 Å². The molecule has 1 aliphatic carbocycles. The van der Waals surface area contributed by atoms with Crippen LogP contribution in [0.2, 0.25) is 0 Å². The van der Waals surface area contributed by atoms with E-state index in [1.54, 1.807) is 37.3 Å². The Balaban J connectivity index is 2.04. The van der Waals surface area contributed by atoms with Crippen LogP contribution in [0.15, 0.2) is 35.4 Å². The molecule has 0 unspecified atom stereocenters. The SMILES string of the molecule is C[C@@H](C(=O)NN=C1CCC(C(C)(C)C)CC1)N(c1ccccc1)S(C)(=O)=O. The third-order valence-corrected chi connectivity index (χ3v) is 6.45. The van der Waals surface area contributed by atoms with Gasteiger partial charge in [0.25, 0.3) is 5.91 Å². The Bertz CT molecular complexity index is 772. The van der Waals surface area contributed by atoms with Crippen LogP contribution in [-0.2, 0) is 14.8 Å². The molecule has 6 nitrogen and oxygen atoms in total. The number of nitrogens with one attached hydrogen (secondary N) is 1. The molecule has 27 heavy (non-hydrogen) atoms. The van der Waals surface area contributed by atoms with E-state index >= 15 is 0 Å². The highest BCUT2D eigenvalue weighted by Gasteiger charge is 2.30. The van der Waals surface area contributed by atoms with E-state index in [4.69, 9.17) is 0 Å². The summed E-state index contributed by atoms with van der Waals surface area (Å²) in [7, 11) is -3.61. The number of hydrazone groups is 1. The standard InChI is InChI=1S/C20H31N3O3S/c1-15(23(27(5,25)26)18-9-7-6-8-10-18)19(24)22-21-17-13-11-16(12-14-17)20(2,3)4/h6-10,15-16H,11-14H2,1-5H3,(H,22,24)/t15-,16?/m0/s1. The number of anilines is 1. The topological polar surface area (TPSA) is 78.8 Å². The Labute approximate surface area is 163 Å². The molecule has 0 aliphatic heterocycles. The van der Waals surface area contributed by atoms with Gasteiger partial charge < -0.3 is 0 Å². The van der Waals surface area contributed by atoms with Crippen LogP contribution in [0.5, 0.6) is 0 Å². The summed E-state index contributed by atoms with van der Waals surface area (Å²) in [5.41, 5.74) is 4.29. The second-order valence-corrected chi connectivity index (χ2v) is 10.2. The lowest BCUT2D eigenvalue weighted by Crippen LogP contribution is -2.47.